The van der Waals surface area contributed by atoms with Crippen LogP contribution >= 0.6 is 0 Å². The topological polar surface area (TPSA) is 111 Å². The van der Waals surface area contributed by atoms with Gasteiger partial charge in [-0.2, -0.15) is 5.10 Å². The Morgan fingerprint density at radius 2 is 1.86 bits per heavy atom. The van der Waals surface area contributed by atoms with Gasteiger partial charge in [-0.25, -0.2) is 13.2 Å². The molecule has 0 fully saturated rings. The number of ether oxygens (including phenoxy) is 2. The molecule has 0 bridgehead atoms. The highest BCUT2D eigenvalue weighted by Gasteiger charge is 2.35. The molecular formula is C25H29N3O6S. The molecule has 0 saturated heterocycles. The maximum Gasteiger partial charge on any atom is 0.338 e. The fraction of sp³-hybridized carbons (Fsp3) is 0.360. The third kappa shape index (κ3) is 5.03. The van der Waals surface area contributed by atoms with Gasteiger partial charge in [0.1, 0.15) is 23.4 Å². The third-order valence-electron chi connectivity index (χ3n) is 5.90. The van der Waals surface area contributed by atoms with Gasteiger partial charge in [-0.05, 0) is 63.1 Å². The first-order chi connectivity index (χ1) is 16.7. The fourth-order valence-corrected chi connectivity index (χ4v) is 6.13. The van der Waals surface area contributed by atoms with Crippen LogP contribution in [0.3, 0.4) is 0 Å². The van der Waals surface area contributed by atoms with Gasteiger partial charge >= 0.3 is 5.97 Å². The van der Waals surface area contributed by atoms with E-state index in [0.717, 1.165) is 5.56 Å². The summed E-state index contributed by atoms with van der Waals surface area (Å²) in [5.74, 6) is 0.0771. The Labute approximate surface area is 204 Å². The minimum Gasteiger partial charge on any atom is -0.491 e. The standard InChI is InChI=1S/C25H29N3O6S/c1-4-33-25(30)20-9-11-22(12-10-20)34-16-21(29)15-27-18(3)24(17(2)26-27)35(31,32)28-14-13-19-7-5-6-8-23(19)28/h5-12,21,29H,4,13-16H2,1-3H3/t21-/m0/s1. The van der Waals surface area contributed by atoms with E-state index >= 15 is 0 Å². The lowest BCUT2D eigenvalue weighted by atomic mass is 10.2. The van der Waals surface area contributed by atoms with E-state index in [9.17, 15) is 18.3 Å². The number of nitrogens with zero attached hydrogens (tertiary/aromatic N) is 3. The molecule has 186 valence electrons. The Kier molecular flexibility index (Phi) is 7.13. The van der Waals surface area contributed by atoms with E-state index in [2.05, 4.69) is 5.10 Å². The van der Waals surface area contributed by atoms with E-state index in [4.69, 9.17) is 9.47 Å². The van der Waals surface area contributed by atoms with Crippen LogP contribution in [0, 0.1) is 13.8 Å². The van der Waals surface area contributed by atoms with Crippen molar-refractivity contribution in [1.29, 1.82) is 0 Å². The smallest absolute Gasteiger partial charge is 0.338 e. The minimum absolute atomic E-state index is 0.0291. The van der Waals surface area contributed by atoms with Gasteiger partial charge in [0.25, 0.3) is 10.0 Å². The van der Waals surface area contributed by atoms with E-state index in [0.29, 0.717) is 48.0 Å². The monoisotopic (exact) mass is 499 g/mol. The van der Waals surface area contributed by atoms with Crippen molar-refractivity contribution in [3.05, 3.63) is 71.0 Å². The van der Waals surface area contributed by atoms with E-state index in [1.54, 1.807) is 45.0 Å². The Hall–Kier alpha value is -3.37. The largest absolute Gasteiger partial charge is 0.491 e. The zero-order valence-corrected chi connectivity index (χ0v) is 20.8. The average molecular weight is 500 g/mol. The predicted octanol–water partition coefficient (Wildman–Crippen LogP) is 2.87. The number of aliphatic hydroxyl groups is 1. The van der Waals surface area contributed by atoms with Crippen LogP contribution < -0.4 is 9.04 Å². The summed E-state index contributed by atoms with van der Waals surface area (Å²) in [4.78, 5) is 11.9. The molecule has 2 heterocycles. The van der Waals surface area contributed by atoms with Gasteiger partial charge in [-0.15, -0.1) is 0 Å². The quantitative estimate of drug-likeness (QED) is 0.451. The molecule has 2 aromatic carbocycles. The van der Waals surface area contributed by atoms with Gasteiger partial charge in [0.2, 0.25) is 0 Å². The van der Waals surface area contributed by atoms with Crippen molar-refractivity contribution in [1.82, 2.24) is 9.78 Å². The average Bonchev–Trinajstić information content (AvgIpc) is 3.39. The van der Waals surface area contributed by atoms with Crippen molar-refractivity contribution < 1.29 is 27.8 Å². The Bertz CT molecular complexity index is 1320. The summed E-state index contributed by atoms with van der Waals surface area (Å²) in [6.07, 6.45) is -0.265. The number of hydrogen-bond acceptors (Lipinski definition) is 7. The summed E-state index contributed by atoms with van der Waals surface area (Å²) in [6, 6.07) is 13.9. The van der Waals surface area contributed by atoms with Gasteiger partial charge in [-0.3, -0.25) is 8.99 Å². The first kappa shape index (κ1) is 24.7. The zero-order valence-electron chi connectivity index (χ0n) is 20.0. The molecule has 35 heavy (non-hydrogen) atoms. The van der Waals surface area contributed by atoms with Gasteiger partial charge < -0.3 is 14.6 Å². The molecule has 1 atom stereocenters. The van der Waals surface area contributed by atoms with Crippen molar-refractivity contribution in [3.63, 3.8) is 0 Å². The number of carbonyl (C=O) groups excluding carboxylic acids is 1. The zero-order chi connectivity index (χ0) is 25.2. The second-order valence-corrected chi connectivity index (χ2v) is 10.1. The molecule has 0 amide bonds. The van der Waals surface area contributed by atoms with E-state index in [1.165, 1.54) is 8.99 Å². The second-order valence-electron chi connectivity index (χ2n) is 8.35. The highest BCUT2D eigenvalue weighted by atomic mass is 32.2. The predicted molar refractivity (Wildman–Crippen MR) is 130 cm³/mol. The molecule has 1 aromatic heterocycles. The Morgan fingerprint density at radius 1 is 1.14 bits per heavy atom. The maximum absolute atomic E-state index is 13.5. The van der Waals surface area contributed by atoms with Crippen LogP contribution in [0.1, 0.15) is 34.2 Å². The molecule has 10 heteroatoms. The maximum atomic E-state index is 13.5. The molecule has 0 unspecified atom stereocenters. The molecule has 0 saturated carbocycles. The molecule has 4 rings (SSSR count). The van der Waals surface area contributed by atoms with Crippen molar-refractivity contribution in [2.24, 2.45) is 0 Å². The van der Waals surface area contributed by atoms with Crippen LogP contribution in [0.5, 0.6) is 5.75 Å². The number of aromatic nitrogens is 2. The minimum atomic E-state index is -3.80. The molecule has 1 aliphatic rings. The highest BCUT2D eigenvalue weighted by molar-refractivity contribution is 7.93. The number of carbonyl (C=O) groups is 1. The van der Waals surface area contributed by atoms with E-state index in [-0.39, 0.29) is 18.0 Å². The van der Waals surface area contributed by atoms with Gasteiger partial charge in [-0.1, -0.05) is 18.2 Å². The Balaban J connectivity index is 1.43. The Morgan fingerprint density at radius 3 is 2.57 bits per heavy atom. The number of sulfonamides is 1. The molecule has 1 aliphatic heterocycles. The van der Waals surface area contributed by atoms with Crippen LogP contribution in [-0.2, 0) is 27.7 Å². The normalized spacial score (nSPS) is 14.0. The van der Waals surface area contributed by atoms with Gasteiger partial charge in [0.15, 0.2) is 0 Å². The summed E-state index contributed by atoms with van der Waals surface area (Å²) in [5.41, 5.74) is 2.96. The summed E-state index contributed by atoms with van der Waals surface area (Å²) >= 11 is 0. The lowest BCUT2D eigenvalue weighted by Gasteiger charge is -2.20. The van der Waals surface area contributed by atoms with Crippen molar-refractivity contribution in [3.8, 4) is 5.75 Å². The summed E-state index contributed by atoms with van der Waals surface area (Å²) < 4.78 is 40.6. The molecular weight excluding hydrogens is 470 g/mol. The summed E-state index contributed by atoms with van der Waals surface area (Å²) in [6.45, 7) is 5.81. The van der Waals surface area contributed by atoms with Gasteiger partial charge in [0, 0.05) is 6.54 Å². The fourth-order valence-electron chi connectivity index (χ4n) is 4.25. The van der Waals surface area contributed by atoms with Crippen LogP contribution in [0.2, 0.25) is 0 Å². The molecule has 0 spiro atoms. The third-order valence-corrected chi connectivity index (χ3v) is 7.97. The summed E-state index contributed by atoms with van der Waals surface area (Å²) in [7, 11) is -3.80. The first-order valence-corrected chi connectivity index (χ1v) is 12.9. The van der Waals surface area contributed by atoms with Crippen LogP contribution in [0.15, 0.2) is 53.4 Å². The molecule has 9 nitrogen and oxygen atoms in total. The summed E-state index contributed by atoms with van der Waals surface area (Å²) in [5, 5.41) is 14.9. The number of aryl methyl sites for hydroxylation is 1. The number of anilines is 1. The molecule has 0 radical (unpaired) electrons. The van der Waals surface area contributed by atoms with E-state index in [1.807, 2.05) is 24.3 Å². The van der Waals surface area contributed by atoms with Crippen LogP contribution in [-0.4, -0.2) is 55.1 Å². The lowest BCUT2D eigenvalue weighted by Crippen LogP contribution is -2.30. The van der Waals surface area contributed by atoms with Crippen molar-refractivity contribution >= 4 is 21.7 Å². The van der Waals surface area contributed by atoms with E-state index < -0.39 is 22.1 Å². The van der Waals surface area contributed by atoms with Crippen LogP contribution in [0.25, 0.3) is 0 Å². The number of rotatable bonds is 9. The van der Waals surface area contributed by atoms with Crippen molar-refractivity contribution in [2.45, 2.75) is 44.7 Å². The van der Waals surface area contributed by atoms with Gasteiger partial charge in [0.05, 0.1) is 35.8 Å². The highest BCUT2D eigenvalue weighted by Crippen LogP contribution is 2.34. The molecule has 1 N–H and O–H groups in total. The second kappa shape index (κ2) is 10.1. The number of para-hydroxylation sites is 1. The lowest BCUT2D eigenvalue weighted by molar-refractivity contribution is 0.0526. The molecule has 0 aliphatic carbocycles. The number of benzene rings is 2. The number of hydrogen-bond donors (Lipinski definition) is 1. The first-order valence-electron chi connectivity index (χ1n) is 11.4. The molecule has 3 aromatic rings. The van der Waals surface area contributed by atoms with Crippen molar-refractivity contribution in [2.75, 3.05) is 24.1 Å². The number of fused-ring (bicyclic) bond motifs is 1. The number of esters is 1. The number of aliphatic hydroxyl groups excluding tert-OH is 1. The SMILES string of the molecule is CCOC(=O)c1ccc(OC[C@@H](O)Cn2nc(C)c(S(=O)(=O)N3CCc4ccccc43)c2C)cc1. The van der Waals surface area contributed by atoms with Crippen LogP contribution in [0.4, 0.5) is 5.69 Å².